The number of nitrogens with one attached hydrogen (secondary N) is 1. The van der Waals surface area contributed by atoms with Crippen LogP contribution in [0.1, 0.15) is 46.0 Å². The molecule has 1 atom stereocenters. The number of carboxylic acids is 1. The van der Waals surface area contributed by atoms with Gasteiger partial charge < -0.3 is 15.3 Å². The van der Waals surface area contributed by atoms with Gasteiger partial charge in [0.1, 0.15) is 0 Å². The molecular weight excluding hydrogens is 256 g/mol. The van der Waals surface area contributed by atoms with Crippen molar-refractivity contribution in [2.45, 2.75) is 52.0 Å². The minimum Gasteiger partial charge on any atom is -0.481 e. The molecule has 0 bridgehead atoms. The Kier molecular flexibility index (Phi) is 4.89. The second-order valence-electron chi connectivity index (χ2n) is 6.26. The normalized spacial score (nSPS) is 19.8. The number of rotatable bonds is 8. The SMILES string of the molecule is CCN(C(=O)NCC(C1CC1)C1CC1)C(C)CC(=O)O. The van der Waals surface area contributed by atoms with Gasteiger partial charge in [0, 0.05) is 19.1 Å². The van der Waals surface area contributed by atoms with Gasteiger partial charge in [-0.05, 0) is 57.3 Å². The maximum absolute atomic E-state index is 12.2. The van der Waals surface area contributed by atoms with Crippen LogP contribution in [-0.4, -0.2) is 41.1 Å². The molecule has 0 heterocycles. The molecule has 114 valence electrons. The highest BCUT2D eigenvalue weighted by atomic mass is 16.4. The van der Waals surface area contributed by atoms with Crippen LogP contribution in [0, 0.1) is 17.8 Å². The number of carboxylic acid groups (broad SMARTS) is 1. The molecule has 0 aromatic heterocycles. The first-order valence-electron chi connectivity index (χ1n) is 7.79. The van der Waals surface area contributed by atoms with Crippen LogP contribution in [0.15, 0.2) is 0 Å². The molecule has 1 unspecified atom stereocenters. The minimum absolute atomic E-state index is 0.00403. The molecule has 2 amide bonds. The maximum atomic E-state index is 12.2. The standard InChI is InChI=1S/C15H26N2O3/c1-3-17(10(2)8-14(18)19)15(20)16-9-13(11-4-5-11)12-6-7-12/h10-13H,3-9H2,1-2H3,(H,16,20)(H,18,19). The Morgan fingerprint density at radius 1 is 1.25 bits per heavy atom. The molecule has 0 saturated heterocycles. The summed E-state index contributed by atoms with van der Waals surface area (Å²) in [5, 5.41) is 11.9. The van der Waals surface area contributed by atoms with Crippen LogP contribution in [0.2, 0.25) is 0 Å². The third-order valence-corrected chi connectivity index (χ3v) is 4.55. The average molecular weight is 282 g/mol. The average Bonchev–Trinajstić information content (AvgIpc) is 3.24. The van der Waals surface area contributed by atoms with Crippen molar-refractivity contribution in [3.05, 3.63) is 0 Å². The first-order valence-corrected chi connectivity index (χ1v) is 7.79. The Balaban J connectivity index is 1.80. The first kappa shape index (κ1) is 15.1. The van der Waals surface area contributed by atoms with Gasteiger partial charge in [-0.15, -0.1) is 0 Å². The van der Waals surface area contributed by atoms with Crippen molar-refractivity contribution >= 4 is 12.0 Å². The van der Waals surface area contributed by atoms with Crippen molar-refractivity contribution in [1.82, 2.24) is 10.2 Å². The highest BCUT2D eigenvalue weighted by molar-refractivity contribution is 5.75. The molecule has 0 aromatic rings. The number of urea groups is 1. The largest absolute Gasteiger partial charge is 0.481 e. The van der Waals surface area contributed by atoms with E-state index in [2.05, 4.69) is 5.32 Å². The molecule has 2 rings (SSSR count). The van der Waals surface area contributed by atoms with E-state index in [-0.39, 0.29) is 18.5 Å². The fourth-order valence-corrected chi connectivity index (χ4v) is 3.09. The summed E-state index contributed by atoms with van der Waals surface area (Å²) in [6, 6.07) is -0.384. The van der Waals surface area contributed by atoms with Crippen LogP contribution in [0.3, 0.4) is 0 Å². The van der Waals surface area contributed by atoms with Crippen molar-refractivity contribution in [1.29, 1.82) is 0 Å². The molecule has 2 aliphatic rings. The summed E-state index contributed by atoms with van der Waals surface area (Å²) < 4.78 is 0. The first-order chi connectivity index (χ1) is 9.52. The predicted octanol–water partition coefficient (Wildman–Crippen LogP) is 2.32. The van der Waals surface area contributed by atoms with Gasteiger partial charge in [0.25, 0.3) is 0 Å². The number of hydrogen-bond acceptors (Lipinski definition) is 2. The summed E-state index contributed by atoms with van der Waals surface area (Å²) in [6.45, 7) is 4.97. The van der Waals surface area contributed by atoms with E-state index in [1.165, 1.54) is 25.7 Å². The lowest BCUT2D eigenvalue weighted by atomic mass is 9.98. The molecule has 2 saturated carbocycles. The second kappa shape index (κ2) is 6.46. The fourth-order valence-electron chi connectivity index (χ4n) is 3.09. The van der Waals surface area contributed by atoms with E-state index < -0.39 is 5.97 Å². The zero-order chi connectivity index (χ0) is 14.7. The van der Waals surface area contributed by atoms with Crippen molar-refractivity contribution in [3.8, 4) is 0 Å². The number of carbonyl (C=O) groups is 2. The van der Waals surface area contributed by atoms with E-state index in [0.29, 0.717) is 12.5 Å². The van der Waals surface area contributed by atoms with Crippen LogP contribution in [0.5, 0.6) is 0 Å². The molecule has 5 heteroatoms. The third kappa shape index (κ3) is 4.12. The minimum atomic E-state index is -0.863. The summed E-state index contributed by atoms with van der Waals surface area (Å²) in [7, 11) is 0. The van der Waals surface area contributed by atoms with Gasteiger partial charge in [-0.25, -0.2) is 4.79 Å². The van der Waals surface area contributed by atoms with Crippen LogP contribution in [0.4, 0.5) is 4.79 Å². The van der Waals surface area contributed by atoms with Crippen molar-refractivity contribution in [2.24, 2.45) is 17.8 Å². The molecule has 2 aliphatic carbocycles. The van der Waals surface area contributed by atoms with Crippen LogP contribution >= 0.6 is 0 Å². The van der Waals surface area contributed by atoms with E-state index in [0.717, 1.165) is 18.4 Å². The number of carbonyl (C=O) groups excluding carboxylic acids is 1. The molecule has 2 N–H and O–H groups in total. The van der Waals surface area contributed by atoms with Crippen molar-refractivity contribution in [2.75, 3.05) is 13.1 Å². The van der Waals surface area contributed by atoms with Crippen LogP contribution in [-0.2, 0) is 4.79 Å². The predicted molar refractivity (Wildman–Crippen MR) is 76.4 cm³/mol. The molecule has 0 radical (unpaired) electrons. The smallest absolute Gasteiger partial charge is 0.317 e. The quantitative estimate of drug-likeness (QED) is 0.718. The monoisotopic (exact) mass is 282 g/mol. The van der Waals surface area contributed by atoms with Gasteiger partial charge in [-0.3, -0.25) is 4.79 Å². The van der Waals surface area contributed by atoms with E-state index in [1.807, 2.05) is 6.92 Å². The maximum Gasteiger partial charge on any atom is 0.317 e. The Bertz CT molecular complexity index is 352. The van der Waals surface area contributed by atoms with Gasteiger partial charge in [-0.2, -0.15) is 0 Å². The zero-order valence-corrected chi connectivity index (χ0v) is 12.5. The molecule has 5 nitrogen and oxygen atoms in total. The molecule has 0 aromatic carbocycles. The summed E-state index contributed by atoms with van der Waals surface area (Å²) in [5.74, 6) is 1.41. The summed E-state index contributed by atoms with van der Waals surface area (Å²) >= 11 is 0. The second-order valence-corrected chi connectivity index (χ2v) is 6.26. The Labute approximate surface area is 120 Å². The Hall–Kier alpha value is -1.26. The number of amides is 2. The van der Waals surface area contributed by atoms with E-state index in [9.17, 15) is 9.59 Å². The summed E-state index contributed by atoms with van der Waals surface area (Å²) in [4.78, 5) is 24.6. The Morgan fingerprint density at radius 2 is 1.80 bits per heavy atom. The Morgan fingerprint density at radius 3 is 2.20 bits per heavy atom. The highest BCUT2D eigenvalue weighted by Crippen LogP contribution is 2.48. The topological polar surface area (TPSA) is 69.6 Å². The number of hydrogen-bond donors (Lipinski definition) is 2. The van der Waals surface area contributed by atoms with Gasteiger partial charge in [0.15, 0.2) is 0 Å². The van der Waals surface area contributed by atoms with Crippen LogP contribution < -0.4 is 5.32 Å². The van der Waals surface area contributed by atoms with Crippen molar-refractivity contribution in [3.63, 3.8) is 0 Å². The van der Waals surface area contributed by atoms with E-state index in [4.69, 9.17) is 5.11 Å². The van der Waals surface area contributed by atoms with Gasteiger partial charge in [-0.1, -0.05) is 0 Å². The molecule has 0 aliphatic heterocycles. The van der Waals surface area contributed by atoms with Gasteiger partial charge in [0.2, 0.25) is 0 Å². The zero-order valence-electron chi connectivity index (χ0n) is 12.5. The molecule has 20 heavy (non-hydrogen) atoms. The summed E-state index contributed by atoms with van der Waals surface area (Å²) in [5.41, 5.74) is 0. The van der Waals surface area contributed by atoms with Gasteiger partial charge in [0.05, 0.1) is 6.42 Å². The van der Waals surface area contributed by atoms with Crippen LogP contribution in [0.25, 0.3) is 0 Å². The fraction of sp³-hybridized carbons (Fsp3) is 0.867. The third-order valence-electron chi connectivity index (χ3n) is 4.55. The molecule has 2 fully saturated rings. The lowest BCUT2D eigenvalue weighted by Crippen LogP contribution is -2.47. The van der Waals surface area contributed by atoms with Crippen molar-refractivity contribution < 1.29 is 14.7 Å². The molecule has 0 spiro atoms. The lowest BCUT2D eigenvalue weighted by molar-refractivity contribution is -0.138. The molecular formula is C15H26N2O3. The van der Waals surface area contributed by atoms with E-state index >= 15 is 0 Å². The van der Waals surface area contributed by atoms with E-state index in [1.54, 1.807) is 11.8 Å². The number of nitrogens with zero attached hydrogens (tertiary/aromatic N) is 1. The summed E-state index contributed by atoms with van der Waals surface area (Å²) in [6.07, 6.45) is 5.23. The van der Waals surface area contributed by atoms with Gasteiger partial charge >= 0.3 is 12.0 Å². The highest BCUT2D eigenvalue weighted by Gasteiger charge is 2.41. The number of aliphatic carboxylic acids is 1. The lowest BCUT2D eigenvalue weighted by Gasteiger charge is -2.28.